The molecule has 19 heavy (non-hydrogen) atoms. The quantitative estimate of drug-likeness (QED) is 0.846. The maximum Gasteiger partial charge on any atom is 0.105 e. The number of nitrogens with zero attached hydrogens (tertiary/aromatic N) is 3. The average Bonchev–Trinajstić information content (AvgIpc) is 2.99. The molecule has 104 valence electrons. The second-order valence-electron chi connectivity index (χ2n) is 4.82. The van der Waals surface area contributed by atoms with Gasteiger partial charge in [-0.25, -0.2) is 9.97 Å². The Kier molecular flexibility index (Phi) is 5.10. The van der Waals surface area contributed by atoms with Gasteiger partial charge >= 0.3 is 0 Å². The summed E-state index contributed by atoms with van der Waals surface area (Å²) in [6.07, 6.45) is 5.92. The molecule has 0 amide bonds. The first-order chi connectivity index (χ1) is 9.19. The fraction of sp³-hybridized carbons (Fsp3) is 0.571. The van der Waals surface area contributed by atoms with E-state index in [2.05, 4.69) is 39.1 Å². The normalized spacial score (nSPS) is 12.8. The number of rotatable bonds is 7. The first kappa shape index (κ1) is 14.2. The molecule has 0 bridgehead atoms. The lowest BCUT2D eigenvalue weighted by molar-refractivity contribution is 0.474. The minimum absolute atomic E-state index is 0.443. The van der Waals surface area contributed by atoms with Gasteiger partial charge in [0.2, 0.25) is 0 Å². The number of hydrogen-bond donors (Lipinski definition) is 1. The highest BCUT2D eigenvalue weighted by Crippen LogP contribution is 2.10. The first-order valence-corrected chi connectivity index (χ1v) is 7.71. The zero-order chi connectivity index (χ0) is 13.7. The summed E-state index contributed by atoms with van der Waals surface area (Å²) in [6, 6.07) is 0.443. The predicted molar refractivity (Wildman–Crippen MR) is 79.6 cm³/mol. The van der Waals surface area contributed by atoms with Crippen LogP contribution >= 0.6 is 11.3 Å². The molecule has 5 heteroatoms. The van der Waals surface area contributed by atoms with E-state index in [1.165, 1.54) is 10.7 Å². The predicted octanol–water partition coefficient (Wildman–Crippen LogP) is 2.43. The summed E-state index contributed by atoms with van der Waals surface area (Å²) in [6.45, 7) is 8.33. The fourth-order valence-corrected chi connectivity index (χ4v) is 2.89. The lowest BCUT2D eigenvalue weighted by Crippen LogP contribution is -2.32. The van der Waals surface area contributed by atoms with Crippen molar-refractivity contribution in [3.8, 4) is 0 Å². The van der Waals surface area contributed by atoms with Crippen LogP contribution in [0.5, 0.6) is 0 Å². The van der Waals surface area contributed by atoms with E-state index in [1.807, 2.05) is 19.3 Å². The lowest BCUT2D eigenvalue weighted by Gasteiger charge is -2.14. The third kappa shape index (κ3) is 4.14. The van der Waals surface area contributed by atoms with Gasteiger partial charge in [-0.2, -0.15) is 0 Å². The van der Waals surface area contributed by atoms with Gasteiger partial charge in [0.25, 0.3) is 0 Å². The Morgan fingerprint density at radius 1 is 1.47 bits per heavy atom. The summed E-state index contributed by atoms with van der Waals surface area (Å²) in [5, 5.41) is 6.93. The van der Waals surface area contributed by atoms with Crippen LogP contribution in [0.15, 0.2) is 17.8 Å². The molecule has 0 aliphatic carbocycles. The van der Waals surface area contributed by atoms with Crippen LogP contribution in [0.2, 0.25) is 0 Å². The van der Waals surface area contributed by atoms with Crippen LogP contribution in [0, 0.1) is 6.92 Å². The lowest BCUT2D eigenvalue weighted by atomic mass is 10.3. The first-order valence-electron chi connectivity index (χ1n) is 6.83. The molecule has 4 nitrogen and oxygen atoms in total. The molecule has 2 aromatic rings. The van der Waals surface area contributed by atoms with Gasteiger partial charge in [0.1, 0.15) is 5.82 Å². The van der Waals surface area contributed by atoms with Crippen LogP contribution < -0.4 is 5.32 Å². The average molecular weight is 278 g/mol. The number of hydrogen-bond acceptors (Lipinski definition) is 4. The van der Waals surface area contributed by atoms with Crippen LogP contribution in [-0.2, 0) is 19.4 Å². The van der Waals surface area contributed by atoms with Crippen molar-refractivity contribution in [2.24, 2.45) is 0 Å². The second kappa shape index (κ2) is 6.82. The van der Waals surface area contributed by atoms with Crippen LogP contribution in [-0.4, -0.2) is 27.1 Å². The summed E-state index contributed by atoms with van der Waals surface area (Å²) in [7, 11) is 0. The molecule has 1 atom stereocenters. The molecule has 1 N–H and O–H groups in total. The van der Waals surface area contributed by atoms with Gasteiger partial charge < -0.3 is 9.88 Å². The van der Waals surface area contributed by atoms with Gasteiger partial charge in [0.05, 0.1) is 10.7 Å². The topological polar surface area (TPSA) is 42.7 Å². The highest BCUT2D eigenvalue weighted by atomic mass is 32.1. The maximum atomic E-state index is 4.58. The molecule has 0 unspecified atom stereocenters. The Labute approximate surface area is 118 Å². The van der Waals surface area contributed by atoms with Crippen LogP contribution in [0.3, 0.4) is 0 Å². The molecule has 2 heterocycles. The van der Waals surface area contributed by atoms with Gasteiger partial charge in [-0.1, -0.05) is 6.92 Å². The van der Waals surface area contributed by atoms with Crippen LogP contribution in [0.4, 0.5) is 0 Å². The van der Waals surface area contributed by atoms with Gasteiger partial charge in [0.15, 0.2) is 0 Å². The highest BCUT2D eigenvalue weighted by molar-refractivity contribution is 7.09. The SMILES string of the molecule is CCc1csc(CCN[C@@H](C)Cn2ccnc2C)n1. The number of nitrogens with one attached hydrogen (secondary N) is 1. The molecule has 0 aliphatic rings. The van der Waals surface area contributed by atoms with Crippen molar-refractivity contribution in [3.05, 3.63) is 34.3 Å². The number of thiazole rings is 1. The number of aromatic nitrogens is 3. The van der Waals surface area contributed by atoms with E-state index >= 15 is 0 Å². The molecule has 0 aliphatic heterocycles. The monoisotopic (exact) mass is 278 g/mol. The molecule has 0 aromatic carbocycles. The molecular formula is C14H22N4S. The highest BCUT2D eigenvalue weighted by Gasteiger charge is 2.05. The van der Waals surface area contributed by atoms with E-state index in [0.717, 1.165) is 31.8 Å². The minimum atomic E-state index is 0.443. The van der Waals surface area contributed by atoms with E-state index in [1.54, 1.807) is 11.3 Å². The second-order valence-corrected chi connectivity index (χ2v) is 5.76. The van der Waals surface area contributed by atoms with Gasteiger partial charge in [0, 0.05) is 43.3 Å². The van der Waals surface area contributed by atoms with Crippen molar-refractivity contribution in [2.75, 3.05) is 6.54 Å². The van der Waals surface area contributed by atoms with Gasteiger partial charge in [-0.05, 0) is 20.3 Å². The maximum absolute atomic E-state index is 4.58. The third-order valence-electron chi connectivity index (χ3n) is 3.19. The summed E-state index contributed by atoms with van der Waals surface area (Å²) >= 11 is 1.77. The Bertz CT molecular complexity index is 503. The summed E-state index contributed by atoms with van der Waals surface area (Å²) in [5.74, 6) is 1.07. The molecular weight excluding hydrogens is 256 g/mol. The van der Waals surface area contributed by atoms with Gasteiger partial charge in [-0.3, -0.25) is 0 Å². The van der Waals surface area contributed by atoms with Crippen molar-refractivity contribution < 1.29 is 0 Å². The minimum Gasteiger partial charge on any atom is -0.334 e. The molecule has 0 spiro atoms. The Hall–Kier alpha value is -1.20. The molecule has 2 rings (SSSR count). The van der Waals surface area contributed by atoms with Crippen molar-refractivity contribution in [1.29, 1.82) is 0 Å². The van der Waals surface area contributed by atoms with Crippen molar-refractivity contribution >= 4 is 11.3 Å². The fourth-order valence-electron chi connectivity index (χ4n) is 2.01. The largest absolute Gasteiger partial charge is 0.334 e. The van der Waals surface area contributed by atoms with Gasteiger partial charge in [-0.15, -0.1) is 11.3 Å². The Balaban J connectivity index is 1.72. The molecule has 2 aromatic heterocycles. The van der Waals surface area contributed by atoms with Crippen LogP contribution in [0.25, 0.3) is 0 Å². The molecule has 0 saturated carbocycles. The van der Waals surface area contributed by atoms with E-state index in [-0.39, 0.29) is 0 Å². The zero-order valence-electron chi connectivity index (χ0n) is 11.9. The van der Waals surface area contributed by atoms with Crippen LogP contribution in [0.1, 0.15) is 30.4 Å². The zero-order valence-corrected chi connectivity index (χ0v) is 12.7. The summed E-state index contributed by atoms with van der Waals surface area (Å²) in [4.78, 5) is 8.82. The summed E-state index contributed by atoms with van der Waals surface area (Å²) in [5.41, 5.74) is 1.21. The number of imidazole rings is 1. The number of aryl methyl sites for hydroxylation is 2. The Morgan fingerprint density at radius 2 is 2.32 bits per heavy atom. The Morgan fingerprint density at radius 3 is 2.95 bits per heavy atom. The van der Waals surface area contributed by atoms with Crippen molar-refractivity contribution in [2.45, 2.75) is 46.2 Å². The van der Waals surface area contributed by atoms with E-state index in [4.69, 9.17) is 0 Å². The third-order valence-corrected chi connectivity index (χ3v) is 4.14. The summed E-state index contributed by atoms with van der Waals surface area (Å²) < 4.78 is 2.18. The van der Waals surface area contributed by atoms with E-state index in [9.17, 15) is 0 Å². The molecule has 0 fully saturated rings. The standard InChI is InChI=1S/C14H22N4S/c1-4-13-10-19-14(17-13)5-6-15-11(2)9-18-8-7-16-12(18)3/h7-8,10-11,15H,4-6,9H2,1-3H3/t11-/m0/s1. The smallest absolute Gasteiger partial charge is 0.105 e. The van der Waals surface area contributed by atoms with Crippen molar-refractivity contribution in [3.63, 3.8) is 0 Å². The van der Waals surface area contributed by atoms with E-state index in [0.29, 0.717) is 6.04 Å². The van der Waals surface area contributed by atoms with Crippen molar-refractivity contribution in [1.82, 2.24) is 19.9 Å². The van der Waals surface area contributed by atoms with E-state index < -0.39 is 0 Å². The molecule has 0 radical (unpaired) electrons. The molecule has 0 saturated heterocycles.